The lowest BCUT2D eigenvalue weighted by atomic mass is 9.73. The molecule has 0 bridgehead atoms. The highest BCUT2D eigenvalue weighted by molar-refractivity contribution is 6.03. The van der Waals surface area contributed by atoms with Crippen LogP contribution >= 0.6 is 0 Å². The molecule has 3 aliphatic rings. The van der Waals surface area contributed by atoms with Gasteiger partial charge in [-0.3, -0.25) is 4.79 Å². The standard InChI is InChI=1S/C34H33N3O.H2/c1-34(29-17-10-14-23-11-4-7-15-25(23)29)30-20-19-28(32(37(2)3)27(30)21-22-35-34)33(38)36-31-18-9-6-13-24-12-5-8-16-26(24)31;/h4-5,7-8,11-12,15-17,19-22,31,35H,9-10,14,18H2,1-3H3,(H,36,38);1H/t31-,34?;/m0./s1. The summed E-state index contributed by atoms with van der Waals surface area (Å²) in [5, 5.41) is 7.01. The lowest BCUT2D eigenvalue weighted by molar-refractivity contribution is 0.0935. The van der Waals surface area contributed by atoms with E-state index in [4.69, 9.17) is 0 Å². The fraction of sp³-hybridized carbons (Fsp3) is 0.265. The van der Waals surface area contributed by atoms with Gasteiger partial charge in [0, 0.05) is 33.1 Å². The van der Waals surface area contributed by atoms with Gasteiger partial charge in [-0.05, 0) is 78.4 Å². The van der Waals surface area contributed by atoms with Crippen molar-refractivity contribution in [2.75, 3.05) is 19.0 Å². The van der Waals surface area contributed by atoms with Crippen molar-refractivity contribution in [1.29, 1.82) is 0 Å². The van der Waals surface area contributed by atoms with Crippen molar-refractivity contribution < 1.29 is 6.22 Å². The summed E-state index contributed by atoms with van der Waals surface area (Å²) in [6.07, 6.45) is 10.2. The van der Waals surface area contributed by atoms with Crippen LogP contribution in [0.25, 0.3) is 11.6 Å². The lowest BCUT2D eigenvalue weighted by Crippen LogP contribution is -2.41. The number of allylic oxidation sites excluding steroid dienone is 1. The predicted octanol–water partition coefficient (Wildman–Crippen LogP) is 6.43. The maximum atomic E-state index is 13.8. The molecule has 1 heterocycles. The van der Waals surface area contributed by atoms with Crippen molar-refractivity contribution in [3.8, 4) is 11.8 Å². The van der Waals surface area contributed by atoms with E-state index in [0.717, 1.165) is 48.1 Å². The molecule has 6 rings (SSSR count). The van der Waals surface area contributed by atoms with E-state index < -0.39 is 5.54 Å². The number of fused-ring (bicyclic) bond motifs is 3. The lowest BCUT2D eigenvalue weighted by Gasteiger charge is -2.40. The SMILES string of the molecule is CN(C)c1c(C(=O)N[C@H]2CCC#Cc3ccccc32)ccc2c1C=CNC2(C)C1=CCCc2ccccc21.[HH]. The molecule has 0 saturated heterocycles. The molecular weight excluding hydrogens is 466 g/mol. The van der Waals surface area contributed by atoms with Crippen molar-refractivity contribution in [2.45, 2.75) is 44.2 Å². The van der Waals surface area contributed by atoms with Crippen LogP contribution in [0.15, 0.2) is 72.9 Å². The van der Waals surface area contributed by atoms with Crippen LogP contribution in [0, 0.1) is 11.8 Å². The van der Waals surface area contributed by atoms with Crippen molar-refractivity contribution in [1.82, 2.24) is 10.6 Å². The molecule has 1 aliphatic heterocycles. The Morgan fingerprint density at radius 3 is 2.79 bits per heavy atom. The molecule has 1 amide bonds. The molecule has 0 fully saturated rings. The third kappa shape index (κ3) is 4.00. The second-order valence-corrected chi connectivity index (χ2v) is 10.7. The fourth-order valence-electron chi connectivity index (χ4n) is 6.26. The average Bonchev–Trinajstić information content (AvgIpc) is 3.14. The molecule has 4 nitrogen and oxygen atoms in total. The van der Waals surface area contributed by atoms with Gasteiger partial charge >= 0.3 is 0 Å². The molecule has 192 valence electrons. The minimum Gasteiger partial charge on any atom is -0.378 e. The van der Waals surface area contributed by atoms with Crippen LogP contribution in [0.4, 0.5) is 5.69 Å². The van der Waals surface area contributed by atoms with Gasteiger partial charge in [0.1, 0.15) is 0 Å². The van der Waals surface area contributed by atoms with Crippen molar-refractivity contribution >= 4 is 23.2 Å². The Labute approximate surface area is 226 Å². The van der Waals surface area contributed by atoms with Crippen molar-refractivity contribution in [3.63, 3.8) is 0 Å². The molecule has 2 aliphatic carbocycles. The first kappa shape index (κ1) is 24.1. The summed E-state index contributed by atoms with van der Waals surface area (Å²) in [5.41, 5.74) is 9.55. The molecule has 0 saturated carbocycles. The highest BCUT2D eigenvalue weighted by Crippen LogP contribution is 2.46. The third-order valence-electron chi connectivity index (χ3n) is 8.10. The Kier molecular flexibility index (Phi) is 6.08. The second kappa shape index (κ2) is 9.58. The molecule has 4 heteroatoms. The van der Waals surface area contributed by atoms with Crippen LogP contribution < -0.4 is 15.5 Å². The number of nitrogens with zero attached hydrogens (tertiary/aromatic N) is 1. The normalized spacial score (nSPS) is 20.8. The van der Waals surface area contributed by atoms with Crippen LogP contribution in [-0.4, -0.2) is 20.0 Å². The number of carbonyl (C=O) groups excluding carboxylic acids is 1. The summed E-state index contributed by atoms with van der Waals surface area (Å²) in [7, 11) is 4.03. The molecule has 0 aromatic heterocycles. The Bertz CT molecular complexity index is 1560. The third-order valence-corrected chi connectivity index (χ3v) is 8.10. The molecule has 3 aromatic rings. The molecule has 3 aromatic carbocycles. The zero-order valence-electron chi connectivity index (χ0n) is 22.3. The van der Waals surface area contributed by atoms with E-state index in [-0.39, 0.29) is 13.4 Å². The van der Waals surface area contributed by atoms with Crippen LogP contribution in [0.5, 0.6) is 0 Å². The number of amides is 1. The molecule has 1 unspecified atom stereocenters. The van der Waals surface area contributed by atoms with Crippen molar-refractivity contribution in [2.24, 2.45) is 0 Å². The van der Waals surface area contributed by atoms with Crippen LogP contribution in [0.1, 0.15) is 77.4 Å². The number of hydrogen-bond donors (Lipinski definition) is 2. The van der Waals surface area contributed by atoms with E-state index in [0.29, 0.717) is 5.56 Å². The summed E-state index contributed by atoms with van der Waals surface area (Å²) in [6, 6.07) is 20.9. The number of aryl methyl sites for hydroxylation is 1. The first-order valence-electron chi connectivity index (χ1n) is 13.4. The van der Waals surface area contributed by atoms with Gasteiger partial charge in [-0.15, -0.1) is 0 Å². The smallest absolute Gasteiger partial charge is 0.253 e. The first-order valence-corrected chi connectivity index (χ1v) is 13.4. The number of carbonyl (C=O) groups is 1. The summed E-state index contributed by atoms with van der Waals surface area (Å²) >= 11 is 0. The minimum absolute atomic E-state index is 0. The van der Waals surface area contributed by atoms with Crippen LogP contribution in [-0.2, 0) is 12.0 Å². The number of rotatable bonds is 4. The quantitative estimate of drug-likeness (QED) is 0.405. The largest absolute Gasteiger partial charge is 0.378 e. The van der Waals surface area contributed by atoms with Gasteiger partial charge in [-0.1, -0.05) is 66.4 Å². The zero-order valence-corrected chi connectivity index (χ0v) is 22.3. The number of benzene rings is 3. The van der Waals surface area contributed by atoms with Gasteiger partial charge in [0.15, 0.2) is 0 Å². The monoisotopic (exact) mass is 501 g/mol. The van der Waals surface area contributed by atoms with Gasteiger partial charge < -0.3 is 15.5 Å². The maximum absolute atomic E-state index is 13.8. The van der Waals surface area contributed by atoms with E-state index in [1.54, 1.807) is 0 Å². The number of nitrogens with one attached hydrogen (secondary N) is 2. The van der Waals surface area contributed by atoms with E-state index in [1.807, 2.05) is 44.6 Å². The maximum Gasteiger partial charge on any atom is 0.253 e. The summed E-state index contributed by atoms with van der Waals surface area (Å²) < 4.78 is 0. The number of hydrogen-bond acceptors (Lipinski definition) is 3. The van der Waals surface area contributed by atoms with E-state index in [9.17, 15) is 4.79 Å². The molecular formula is C34H35N3O. The molecule has 2 atom stereocenters. The average molecular weight is 502 g/mol. The predicted molar refractivity (Wildman–Crippen MR) is 158 cm³/mol. The second-order valence-electron chi connectivity index (χ2n) is 10.7. The number of anilines is 1. The van der Waals surface area contributed by atoms with E-state index in [1.165, 1.54) is 22.3 Å². The highest BCUT2D eigenvalue weighted by Gasteiger charge is 2.38. The Balaban J connectivity index is 0.00000308. The van der Waals surface area contributed by atoms with E-state index in [2.05, 4.69) is 82.8 Å². The van der Waals surface area contributed by atoms with Crippen LogP contribution in [0.3, 0.4) is 0 Å². The first-order chi connectivity index (χ1) is 18.5. The van der Waals surface area contributed by atoms with Gasteiger partial charge in [0.2, 0.25) is 0 Å². The Morgan fingerprint density at radius 2 is 1.92 bits per heavy atom. The molecule has 2 N–H and O–H groups in total. The van der Waals surface area contributed by atoms with Gasteiger partial charge in [0.25, 0.3) is 5.91 Å². The summed E-state index contributed by atoms with van der Waals surface area (Å²) in [6.45, 7) is 2.25. The van der Waals surface area contributed by atoms with Crippen molar-refractivity contribution in [3.05, 3.63) is 112 Å². The molecule has 0 spiro atoms. The van der Waals surface area contributed by atoms with Gasteiger partial charge in [-0.25, -0.2) is 0 Å². The molecule has 0 radical (unpaired) electrons. The van der Waals surface area contributed by atoms with Gasteiger partial charge in [-0.2, -0.15) is 0 Å². The van der Waals surface area contributed by atoms with Crippen LogP contribution in [0.2, 0.25) is 0 Å². The zero-order chi connectivity index (χ0) is 26.3. The molecule has 38 heavy (non-hydrogen) atoms. The topological polar surface area (TPSA) is 44.4 Å². The Hall–Kier alpha value is -4.23. The van der Waals surface area contributed by atoms with E-state index >= 15 is 0 Å². The minimum atomic E-state index is -0.405. The van der Waals surface area contributed by atoms with Gasteiger partial charge in [0.05, 0.1) is 22.8 Å². The summed E-state index contributed by atoms with van der Waals surface area (Å²) in [4.78, 5) is 15.9. The Morgan fingerprint density at radius 1 is 1.11 bits per heavy atom. The highest BCUT2D eigenvalue weighted by atomic mass is 16.1. The fourth-order valence-corrected chi connectivity index (χ4v) is 6.26. The summed E-state index contributed by atoms with van der Waals surface area (Å²) in [5.74, 6) is 6.43.